The van der Waals surface area contributed by atoms with E-state index < -0.39 is 23.2 Å². The number of nitrogens with one attached hydrogen (secondary N) is 1. The number of carbonyl (C=O) groups excluding carboxylic acids is 1. The summed E-state index contributed by atoms with van der Waals surface area (Å²) in [6, 6.07) is 3.75. The van der Waals surface area contributed by atoms with Crippen molar-refractivity contribution in [3.8, 4) is 0 Å². The van der Waals surface area contributed by atoms with Gasteiger partial charge < -0.3 is 5.32 Å². The van der Waals surface area contributed by atoms with Gasteiger partial charge in [-0.05, 0) is 34.1 Å². The summed E-state index contributed by atoms with van der Waals surface area (Å²) in [4.78, 5) is 11.7. The van der Waals surface area contributed by atoms with Crippen LogP contribution in [-0.4, -0.2) is 5.91 Å². The summed E-state index contributed by atoms with van der Waals surface area (Å²) in [5.74, 6) is -2.22. The lowest BCUT2D eigenvalue weighted by atomic mass is 10.2. The van der Waals surface area contributed by atoms with E-state index in [1.165, 1.54) is 11.3 Å². The van der Waals surface area contributed by atoms with Gasteiger partial charge >= 0.3 is 0 Å². The van der Waals surface area contributed by atoms with Gasteiger partial charge in [-0.3, -0.25) is 4.79 Å². The van der Waals surface area contributed by atoms with Crippen molar-refractivity contribution in [1.29, 1.82) is 0 Å². The first-order chi connectivity index (χ1) is 8.47. The Bertz CT molecular complexity index is 592. The molecule has 18 heavy (non-hydrogen) atoms. The average Bonchev–Trinajstić information content (AvgIpc) is 2.70. The highest BCUT2D eigenvalue weighted by Crippen LogP contribution is 2.26. The van der Waals surface area contributed by atoms with E-state index >= 15 is 0 Å². The largest absolute Gasteiger partial charge is 0.317 e. The van der Waals surface area contributed by atoms with Crippen molar-refractivity contribution < 1.29 is 13.6 Å². The van der Waals surface area contributed by atoms with Crippen LogP contribution in [0.5, 0.6) is 0 Å². The van der Waals surface area contributed by atoms with Gasteiger partial charge in [-0.2, -0.15) is 0 Å². The van der Waals surface area contributed by atoms with Crippen LogP contribution >= 0.6 is 43.2 Å². The van der Waals surface area contributed by atoms with Crippen LogP contribution in [0.2, 0.25) is 0 Å². The Morgan fingerprint density at radius 3 is 2.28 bits per heavy atom. The minimum Gasteiger partial charge on any atom is -0.317 e. The van der Waals surface area contributed by atoms with E-state index in [1.54, 1.807) is 11.4 Å². The Balaban J connectivity index is 2.27. The maximum Gasteiger partial charge on any atom is 0.256 e. The van der Waals surface area contributed by atoms with Gasteiger partial charge in [-0.15, -0.1) is 11.3 Å². The number of halogens is 4. The molecule has 2 rings (SSSR count). The van der Waals surface area contributed by atoms with E-state index in [1.807, 2.05) is 0 Å². The van der Waals surface area contributed by atoms with Gasteiger partial charge in [0.05, 0.1) is 9.35 Å². The molecule has 0 aliphatic carbocycles. The Morgan fingerprint density at radius 2 is 1.78 bits per heavy atom. The molecule has 0 radical (unpaired) electrons. The third kappa shape index (κ3) is 2.96. The van der Waals surface area contributed by atoms with Crippen molar-refractivity contribution in [2.75, 3.05) is 5.32 Å². The highest BCUT2D eigenvalue weighted by Gasteiger charge is 2.15. The minimum absolute atomic E-state index is 0.272. The Hall–Kier alpha value is -0.790. The fourth-order valence-corrected chi connectivity index (χ4v) is 2.82. The quantitative estimate of drug-likeness (QED) is 0.775. The van der Waals surface area contributed by atoms with Crippen LogP contribution < -0.4 is 5.32 Å². The molecular weight excluding hydrogens is 392 g/mol. The maximum atomic E-state index is 13.5. The normalized spacial score (nSPS) is 10.4. The first kappa shape index (κ1) is 13.6. The Labute approximate surface area is 122 Å². The van der Waals surface area contributed by atoms with Gasteiger partial charge in [0.2, 0.25) is 0 Å². The summed E-state index contributed by atoms with van der Waals surface area (Å²) >= 11 is 7.49. The van der Waals surface area contributed by atoms with Crippen molar-refractivity contribution in [3.05, 3.63) is 49.0 Å². The van der Waals surface area contributed by atoms with E-state index in [0.29, 0.717) is 5.56 Å². The molecule has 1 heterocycles. The summed E-state index contributed by atoms with van der Waals surface area (Å²) in [5.41, 5.74) is -0.112. The van der Waals surface area contributed by atoms with Gasteiger partial charge in [0.1, 0.15) is 5.69 Å². The SMILES string of the molecule is O=C(Nc1c(F)cc(Br)cc1F)c1csc(Br)c1. The molecular formula is C11H5Br2F2NOS. The number of carbonyl (C=O) groups is 1. The smallest absolute Gasteiger partial charge is 0.256 e. The molecule has 1 aromatic carbocycles. The maximum absolute atomic E-state index is 13.5. The van der Waals surface area contributed by atoms with Crippen LogP contribution in [0.1, 0.15) is 10.4 Å². The first-order valence-corrected chi connectivity index (χ1v) is 7.14. The highest BCUT2D eigenvalue weighted by molar-refractivity contribution is 9.11. The lowest BCUT2D eigenvalue weighted by molar-refractivity contribution is 0.102. The second-order valence-electron chi connectivity index (χ2n) is 3.34. The van der Waals surface area contributed by atoms with Crippen LogP contribution in [-0.2, 0) is 0 Å². The highest BCUT2D eigenvalue weighted by atomic mass is 79.9. The molecule has 2 nitrogen and oxygen atoms in total. The fraction of sp³-hybridized carbons (Fsp3) is 0. The first-order valence-electron chi connectivity index (χ1n) is 4.67. The van der Waals surface area contributed by atoms with Crippen LogP contribution in [0.15, 0.2) is 31.8 Å². The van der Waals surface area contributed by atoms with Crippen LogP contribution in [0.4, 0.5) is 14.5 Å². The molecule has 0 unspecified atom stereocenters. The number of hydrogen-bond donors (Lipinski definition) is 1. The molecule has 1 aromatic heterocycles. The lowest BCUT2D eigenvalue weighted by Crippen LogP contribution is -2.13. The lowest BCUT2D eigenvalue weighted by Gasteiger charge is -2.07. The standard InChI is InChI=1S/C11H5Br2F2NOS/c12-6-2-7(14)10(8(15)3-6)16-11(17)5-1-9(13)18-4-5/h1-4H,(H,16,17). The average molecular weight is 397 g/mol. The number of amides is 1. The predicted octanol–water partition coefficient (Wildman–Crippen LogP) is 4.80. The summed E-state index contributed by atoms with van der Waals surface area (Å²) in [7, 11) is 0. The molecule has 94 valence electrons. The van der Waals surface area contributed by atoms with E-state index in [2.05, 4.69) is 37.2 Å². The molecule has 0 atom stereocenters. The summed E-state index contributed by atoms with van der Waals surface area (Å²) in [6.07, 6.45) is 0. The van der Waals surface area contributed by atoms with Crippen LogP contribution in [0.3, 0.4) is 0 Å². The van der Waals surface area contributed by atoms with Crippen LogP contribution in [0.25, 0.3) is 0 Å². The number of anilines is 1. The number of thiophene rings is 1. The summed E-state index contributed by atoms with van der Waals surface area (Å²) in [6.45, 7) is 0. The van der Waals surface area contributed by atoms with E-state index in [9.17, 15) is 13.6 Å². The molecule has 0 spiro atoms. The number of benzene rings is 1. The zero-order valence-electron chi connectivity index (χ0n) is 8.64. The monoisotopic (exact) mass is 395 g/mol. The Morgan fingerprint density at radius 1 is 1.17 bits per heavy atom. The van der Waals surface area contributed by atoms with E-state index in [0.717, 1.165) is 15.9 Å². The van der Waals surface area contributed by atoms with Crippen molar-refractivity contribution in [2.24, 2.45) is 0 Å². The molecule has 7 heteroatoms. The fourth-order valence-electron chi connectivity index (χ4n) is 1.28. The third-order valence-corrected chi connectivity index (χ3v) is 4.04. The van der Waals surface area contributed by atoms with E-state index in [-0.39, 0.29) is 4.47 Å². The van der Waals surface area contributed by atoms with Crippen LogP contribution in [0, 0.1) is 11.6 Å². The molecule has 1 N–H and O–H groups in total. The van der Waals surface area contributed by atoms with Crippen molar-refractivity contribution in [1.82, 2.24) is 0 Å². The van der Waals surface area contributed by atoms with Gasteiger partial charge in [0, 0.05) is 9.85 Å². The molecule has 2 aromatic rings. The third-order valence-electron chi connectivity index (χ3n) is 2.08. The van der Waals surface area contributed by atoms with Gasteiger partial charge in [0.15, 0.2) is 11.6 Å². The summed E-state index contributed by atoms with van der Waals surface area (Å²) in [5, 5.41) is 3.80. The predicted molar refractivity (Wildman–Crippen MR) is 74.0 cm³/mol. The Kier molecular flexibility index (Phi) is 4.14. The summed E-state index contributed by atoms with van der Waals surface area (Å²) < 4.78 is 28.0. The topological polar surface area (TPSA) is 29.1 Å². The minimum atomic E-state index is -0.829. The second-order valence-corrected chi connectivity index (χ2v) is 6.54. The molecule has 0 saturated carbocycles. The molecule has 0 fully saturated rings. The number of rotatable bonds is 2. The molecule has 1 amide bonds. The zero-order chi connectivity index (χ0) is 13.3. The van der Waals surface area contributed by atoms with Gasteiger partial charge in [-0.25, -0.2) is 8.78 Å². The van der Waals surface area contributed by atoms with Gasteiger partial charge in [0.25, 0.3) is 5.91 Å². The van der Waals surface area contributed by atoms with Crippen molar-refractivity contribution in [3.63, 3.8) is 0 Å². The van der Waals surface area contributed by atoms with E-state index in [4.69, 9.17) is 0 Å². The molecule has 0 aliphatic rings. The molecule has 0 saturated heterocycles. The van der Waals surface area contributed by atoms with Crippen molar-refractivity contribution in [2.45, 2.75) is 0 Å². The molecule has 0 aliphatic heterocycles. The number of hydrogen-bond acceptors (Lipinski definition) is 2. The zero-order valence-corrected chi connectivity index (χ0v) is 12.6. The van der Waals surface area contributed by atoms with Gasteiger partial charge in [-0.1, -0.05) is 15.9 Å². The molecule has 0 bridgehead atoms. The second kappa shape index (κ2) is 5.46. The van der Waals surface area contributed by atoms with Crippen molar-refractivity contribution >= 4 is 54.8 Å².